The van der Waals surface area contributed by atoms with Gasteiger partial charge in [0.25, 0.3) is 0 Å². The fourth-order valence-corrected chi connectivity index (χ4v) is 1.63. The maximum Gasteiger partial charge on any atom is 0.416 e. The van der Waals surface area contributed by atoms with Crippen LogP contribution in [0.3, 0.4) is 0 Å². The van der Waals surface area contributed by atoms with Crippen molar-refractivity contribution in [2.24, 2.45) is 0 Å². The summed E-state index contributed by atoms with van der Waals surface area (Å²) < 4.78 is 37.0. The molecule has 0 radical (unpaired) electrons. The van der Waals surface area contributed by atoms with Gasteiger partial charge >= 0.3 is 6.18 Å². The molecule has 0 heterocycles. The number of anilines is 1. The van der Waals surface area contributed by atoms with Gasteiger partial charge in [0.1, 0.15) is 0 Å². The normalized spacial score (nSPS) is 13.8. The molecule has 0 saturated heterocycles. The summed E-state index contributed by atoms with van der Waals surface area (Å²) in [6.45, 7) is 2.80. The van der Waals surface area contributed by atoms with Crippen molar-refractivity contribution < 1.29 is 13.2 Å². The molecule has 1 rings (SSSR count). The number of benzene rings is 1. The van der Waals surface area contributed by atoms with Crippen molar-refractivity contribution in [3.8, 4) is 0 Å². The number of hydrogen-bond donors (Lipinski definition) is 1. The van der Waals surface area contributed by atoms with Crippen LogP contribution in [0, 0.1) is 0 Å². The van der Waals surface area contributed by atoms with Gasteiger partial charge in [0.15, 0.2) is 0 Å². The van der Waals surface area contributed by atoms with Gasteiger partial charge in [-0.1, -0.05) is 0 Å². The highest BCUT2D eigenvalue weighted by atomic mass is 19.4. The van der Waals surface area contributed by atoms with Crippen LogP contribution in [0.2, 0.25) is 0 Å². The molecule has 0 aliphatic rings. The summed E-state index contributed by atoms with van der Waals surface area (Å²) in [5.41, 5.74) is 0.0793. The third-order valence-corrected chi connectivity index (χ3v) is 2.26. The summed E-state index contributed by atoms with van der Waals surface area (Å²) in [6.07, 6.45) is -4.27. The van der Waals surface area contributed by atoms with Gasteiger partial charge in [0.05, 0.1) is 5.56 Å². The van der Waals surface area contributed by atoms with Crippen molar-refractivity contribution >= 4 is 5.69 Å². The second-order valence-electron chi connectivity index (χ2n) is 4.38. The Morgan fingerprint density at radius 1 is 1.18 bits per heavy atom. The first kappa shape index (κ1) is 13.8. The van der Waals surface area contributed by atoms with Crippen LogP contribution in [-0.2, 0) is 6.18 Å². The summed E-state index contributed by atoms with van der Waals surface area (Å²) in [4.78, 5) is 2.02. The van der Waals surface area contributed by atoms with E-state index in [0.717, 1.165) is 18.7 Å². The molecule has 0 aliphatic heterocycles. The number of hydrogen-bond acceptors (Lipinski definition) is 2. The van der Waals surface area contributed by atoms with Crippen LogP contribution in [0.15, 0.2) is 24.3 Å². The van der Waals surface area contributed by atoms with Crippen molar-refractivity contribution in [1.82, 2.24) is 4.90 Å². The summed E-state index contributed by atoms with van der Waals surface area (Å²) in [5.74, 6) is 0. The number of alkyl halides is 3. The number of likely N-dealkylation sites (N-methyl/N-ethyl adjacent to an activating group) is 1. The molecule has 2 nitrogen and oxygen atoms in total. The molecule has 0 saturated carbocycles. The van der Waals surface area contributed by atoms with E-state index in [9.17, 15) is 13.2 Å². The molecule has 0 amide bonds. The zero-order chi connectivity index (χ0) is 13.1. The zero-order valence-corrected chi connectivity index (χ0v) is 10.2. The van der Waals surface area contributed by atoms with Crippen LogP contribution in [0.5, 0.6) is 0 Å². The molecule has 5 heteroatoms. The van der Waals surface area contributed by atoms with Gasteiger partial charge in [-0.2, -0.15) is 13.2 Å². The van der Waals surface area contributed by atoms with E-state index in [2.05, 4.69) is 5.32 Å². The van der Waals surface area contributed by atoms with Gasteiger partial charge in [-0.3, -0.25) is 0 Å². The fraction of sp³-hybridized carbons (Fsp3) is 0.500. The minimum atomic E-state index is -4.27. The lowest BCUT2D eigenvalue weighted by atomic mass is 10.2. The van der Waals surface area contributed by atoms with E-state index in [0.29, 0.717) is 5.69 Å². The highest BCUT2D eigenvalue weighted by Crippen LogP contribution is 2.29. The van der Waals surface area contributed by atoms with E-state index in [1.165, 1.54) is 12.1 Å². The second kappa shape index (κ2) is 5.40. The number of nitrogens with one attached hydrogen (secondary N) is 1. The van der Waals surface area contributed by atoms with Gasteiger partial charge in [-0.15, -0.1) is 0 Å². The average Bonchev–Trinajstić information content (AvgIpc) is 2.15. The third kappa shape index (κ3) is 4.65. The van der Waals surface area contributed by atoms with Crippen LogP contribution in [-0.4, -0.2) is 31.6 Å². The molecule has 0 aromatic heterocycles. The molecule has 1 aromatic carbocycles. The Morgan fingerprint density at radius 3 is 2.12 bits per heavy atom. The maximum atomic E-state index is 12.3. The van der Waals surface area contributed by atoms with Gasteiger partial charge in [-0.25, -0.2) is 0 Å². The lowest BCUT2D eigenvalue weighted by Crippen LogP contribution is -2.29. The second-order valence-corrected chi connectivity index (χ2v) is 4.38. The molecule has 0 fully saturated rings. The van der Waals surface area contributed by atoms with Crippen molar-refractivity contribution in [3.05, 3.63) is 29.8 Å². The minimum absolute atomic E-state index is 0.182. The van der Waals surface area contributed by atoms with Gasteiger partial charge in [0, 0.05) is 18.3 Å². The van der Waals surface area contributed by atoms with Crippen molar-refractivity contribution in [2.45, 2.75) is 19.1 Å². The highest BCUT2D eigenvalue weighted by molar-refractivity contribution is 5.45. The lowest BCUT2D eigenvalue weighted by Gasteiger charge is -2.19. The molecule has 0 aliphatic carbocycles. The minimum Gasteiger partial charge on any atom is -0.381 e. The molecule has 1 unspecified atom stereocenters. The van der Waals surface area contributed by atoms with Gasteiger partial charge in [0.2, 0.25) is 0 Å². The first-order valence-electron chi connectivity index (χ1n) is 5.37. The van der Waals surface area contributed by atoms with Crippen molar-refractivity contribution in [1.29, 1.82) is 0 Å². The van der Waals surface area contributed by atoms with Crippen LogP contribution < -0.4 is 5.32 Å². The molecular weight excluding hydrogens is 229 g/mol. The van der Waals surface area contributed by atoms with Crippen LogP contribution in [0.25, 0.3) is 0 Å². The van der Waals surface area contributed by atoms with Crippen molar-refractivity contribution in [2.75, 3.05) is 26.0 Å². The molecule has 0 bridgehead atoms. The third-order valence-electron chi connectivity index (χ3n) is 2.26. The topological polar surface area (TPSA) is 15.3 Å². The molecule has 1 aromatic rings. The molecule has 96 valence electrons. The standard InChI is InChI=1S/C12H17F3N2/c1-9(8-17(2)3)16-11-6-4-10(5-7-11)12(13,14)15/h4-7,9,16H,8H2,1-3H3. The summed E-state index contributed by atoms with van der Waals surface area (Å²) >= 11 is 0. The molecule has 0 spiro atoms. The Kier molecular flexibility index (Phi) is 4.40. The number of halogens is 3. The van der Waals surface area contributed by atoms with E-state index in [1.807, 2.05) is 25.9 Å². The highest BCUT2D eigenvalue weighted by Gasteiger charge is 2.29. The smallest absolute Gasteiger partial charge is 0.381 e. The summed E-state index contributed by atoms with van der Waals surface area (Å²) in [7, 11) is 3.90. The van der Waals surface area contributed by atoms with Gasteiger partial charge in [-0.05, 0) is 45.3 Å². The molecule has 1 N–H and O–H groups in total. The predicted molar refractivity (Wildman–Crippen MR) is 63.1 cm³/mol. The first-order valence-corrected chi connectivity index (χ1v) is 5.37. The Labute approximate surface area is 99.4 Å². The molecular formula is C12H17F3N2. The largest absolute Gasteiger partial charge is 0.416 e. The average molecular weight is 246 g/mol. The zero-order valence-electron chi connectivity index (χ0n) is 10.2. The monoisotopic (exact) mass is 246 g/mol. The van der Waals surface area contributed by atoms with Gasteiger partial charge < -0.3 is 10.2 Å². The van der Waals surface area contributed by atoms with E-state index in [1.54, 1.807) is 0 Å². The Balaban J connectivity index is 2.63. The quantitative estimate of drug-likeness (QED) is 0.878. The van der Waals surface area contributed by atoms with E-state index in [4.69, 9.17) is 0 Å². The van der Waals surface area contributed by atoms with E-state index >= 15 is 0 Å². The maximum absolute atomic E-state index is 12.3. The van der Waals surface area contributed by atoms with Crippen LogP contribution >= 0.6 is 0 Å². The number of nitrogens with zero attached hydrogens (tertiary/aromatic N) is 1. The Bertz CT molecular complexity index is 344. The Hall–Kier alpha value is -1.23. The van der Waals surface area contributed by atoms with Crippen LogP contribution in [0.4, 0.5) is 18.9 Å². The Morgan fingerprint density at radius 2 is 1.71 bits per heavy atom. The lowest BCUT2D eigenvalue weighted by molar-refractivity contribution is -0.137. The number of rotatable bonds is 4. The van der Waals surface area contributed by atoms with E-state index < -0.39 is 11.7 Å². The first-order chi connectivity index (χ1) is 7.79. The summed E-state index contributed by atoms with van der Waals surface area (Å²) in [6, 6.07) is 5.26. The SMILES string of the molecule is CC(CN(C)C)Nc1ccc(C(F)(F)F)cc1. The predicted octanol–water partition coefficient (Wildman–Crippen LogP) is 3.07. The fourth-order valence-electron chi connectivity index (χ4n) is 1.63. The molecule has 1 atom stereocenters. The van der Waals surface area contributed by atoms with E-state index in [-0.39, 0.29) is 6.04 Å². The summed E-state index contributed by atoms with van der Waals surface area (Å²) in [5, 5.41) is 3.14. The van der Waals surface area contributed by atoms with Crippen molar-refractivity contribution in [3.63, 3.8) is 0 Å². The molecule has 17 heavy (non-hydrogen) atoms. The van der Waals surface area contributed by atoms with Crippen LogP contribution in [0.1, 0.15) is 12.5 Å².